The molecule has 27 valence electrons. The maximum Gasteiger partial charge on any atom is 0.195 e. The zero-order chi connectivity index (χ0) is 4.28. The minimum absolute atomic E-state index is 0.207. The molecule has 0 aromatic heterocycles. The van der Waals surface area contributed by atoms with Gasteiger partial charge >= 0.3 is 0 Å². The number of hydrogen-bond acceptors (Lipinski definition) is 1. The minimum Gasteiger partial charge on any atom is -0.518 e. The summed E-state index contributed by atoms with van der Waals surface area (Å²) in [6, 6.07) is 0. The van der Waals surface area contributed by atoms with E-state index < -0.39 is 0 Å². The maximum atomic E-state index is 9.60. The summed E-state index contributed by atoms with van der Waals surface area (Å²) in [5.41, 5.74) is 0. The quantitative estimate of drug-likeness (QED) is 0.377. The predicted octanol–water partition coefficient (Wildman–Crippen LogP) is -0.115. The van der Waals surface area contributed by atoms with Crippen molar-refractivity contribution < 1.29 is 4.79 Å². The molecule has 0 saturated heterocycles. The third-order valence-electron chi connectivity index (χ3n) is 0.157. The van der Waals surface area contributed by atoms with E-state index >= 15 is 0 Å². The predicted molar refractivity (Wildman–Crippen MR) is 18.9 cm³/mol. The van der Waals surface area contributed by atoms with E-state index in [1.165, 1.54) is 6.92 Å². The number of amides is 1. The van der Waals surface area contributed by atoms with Crippen molar-refractivity contribution in [1.82, 2.24) is 0 Å². The summed E-state index contributed by atoms with van der Waals surface area (Å²) in [6.07, 6.45) is 0. The molecule has 0 fully saturated rings. The molecule has 0 rings (SSSR count). The van der Waals surface area contributed by atoms with Crippen molar-refractivity contribution >= 4 is 15.9 Å². The van der Waals surface area contributed by atoms with Crippen LogP contribution in [0.2, 0.25) is 0 Å². The first-order valence-corrected chi connectivity index (χ1v) is 1.60. The lowest BCUT2D eigenvalue weighted by atomic mass is 10.8. The molecule has 2 nitrogen and oxygen atoms in total. The highest BCUT2D eigenvalue weighted by molar-refractivity contribution is 6.01. The zero-order valence-corrected chi connectivity index (χ0v) is 3.86. The molecule has 1 amide bonds. The number of nitrogens with zero attached hydrogens (tertiary/aromatic N) is 1. The van der Waals surface area contributed by atoms with E-state index in [0.717, 1.165) is 0 Å². The minimum atomic E-state index is -0.207. The molecule has 1 radical (unpaired) electrons. The Morgan fingerprint density at radius 1 is 2.00 bits per heavy atom. The van der Waals surface area contributed by atoms with Crippen LogP contribution in [0.1, 0.15) is 6.92 Å². The zero-order valence-electron chi connectivity index (χ0n) is 2.86. The molecule has 0 N–H and O–H groups in total. The van der Waals surface area contributed by atoms with Crippen LogP contribution in [-0.4, -0.2) is 15.9 Å². The third kappa shape index (κ3) is 3.69. The van der Waals surface area contributed by atoms with Gasteiger partial charge in [-0.1, -0.05) is 0 Å². The van der Waals surface area contributed by atoms with Crippen LogP contribution >= 0.6 is 0 Å². The number of hydrogen-bond donors (Lipinski definition) is 0. The molecule has 0 aliphatic heterocycles. The topological polar surface area (TPSA) is 29.4 Å². The molecule has 0 bridgehead atoms. The molecule has 0 unspecified atom stereocenters. The Hall–Kier alpha value is -0.313. The summed E-state index contributed by atoms with van der Waals surface area (Å²) in [5.74, 6) is -0.207. The molecular formula is C2H3NOSi-. The highest BCUT2D eigenvalue weighted by Crippen LogP contribution is 1.58. The smallest absolute Gasteiger partial charge is 0.195 e. The fraction of sp³-hybridized carbons (Fsp3) is 0.500. The van der Waals surface area contributed by atoms with Crippen LogP contribution < -0.4 is 0 Å². The van der Waals surface area contributed by atoms with Gasteiger partial charge < -0.3 is 14.7 Å². The van der Waals surface area contributed by atoms with Gasteiger partial charge in [-0.2, -0.15) is 0 Å². The Morgan fingerprint density at radius 3 is 2.20 bits per heavy atom. The van der Waals surface area contributed by atoms with Crippen LogP contribution in [0.3, 0.4) is 0 Å². The number of carbonyl (C=O) groups is 1. The van der Waals surface area contributed by atoms with E-state index in [2.05, 4.69) is 14.7 Å². The highest BCUT2D eigenvalue weighted by atomic mass is 28.1. The first-order valence-electron chi connectivity index (χ1n) is 1.15. The van der Waals surface area contributed by atoms with E-state index in [-0.39, 0.29) is 5.91 Å². The van der Waals surface area contributed by atoms with Crippen molar-refractivity contribution in [3.05, 3.63) is 0 Å². The summed E-state index contributed by atoms with van der Waals surface area (Å²) in [7, 11) is 2.63. The molecule has 0 aliphatic rings. The molecule has 3 heteroatoms. The average Bonchev–Trinajstić information content (AvgIpc) is 1.38. The van der Waals surface area contributed by atoms with Gasteiger partial charge in [0.1, 0.15) is 0 Å². The lowest BCUT2D eigenvalue weighted by molar-refractivity contribution is -0.115. The molecule has 0 aliphatic carbocycles. The van der Waals surface area contributed by atoms with E-state index in [9.17, 15) is 4.79 Å². The molecule has 0 atom stereocenters. The van der Waals surface area contributed by atoms with Crippen LogP contribution in [0.4, 0.5) is 0 Å². The summed E-state index contributed by atoms with van der Waals surface area (Å²) >= 11 is 0. The third-order valence-corrected chi connectivity index (χ3v) is 0.472. The Bertz CT molecular complexity index is 60.7. The van der Waals surface area contributed by atoms with Crippen LogP contribution in [0.5, 0.6) is 0 Å². The molecular weight excluding hydrogens is 82.1 g/mol. The van der Waals surface area contributed by atoms with Gasteiger partial charge in [-0.3, -0.25) is 4.79 Å². The lowest BCUT2D eigenvalue weighted by Gasteiger charge is -1.80. The monoisotopic (exact) mass is 85.0 g/mol. The van der Waals surface area contributed by atoms with Gasteiger partial charge in [-0.15, -0.1) is 0 Å². The van der Waals surface area contributed by atoms with E-state index in [0.29, 0.717) is 0 Å². The van der Waals surface area contributed by atoms with Crippen LogP contribution in [0.15, 0.2) is 4.63 Å². The maximum absolute atomic E-state index is 9.60. The fourth-order valence-corrected chi connectivity index (χ4v) is 0. The second-order valence-corrected chi connectivity index (χ2v) is 0.854. The van der Waals surface area contributed by atoms with Gasteiger partial charge in [-0.05, 0) is 0 Å². The van der Waals surface area contributed by atoms with Crippen molar-refractivity contribution in [3.63, 3.8) is 0 Å². The standard InChI is InChI=1S/C2H3NOSi/c1-2(4)3-5/h1H3/q-1. The van der Waals surface area contributed by atoms with Crippen molar-refractivity contribution in [2.75, 3.05) is 0 Å². The second-order valence-electron chi connectivity index (χ2n) is 0.631. The molecule has 0 spiro atoms. The van der Waals surface area contributed by atoms with E-state index in [4.69, 9.17) is 0 Å². The molecule has 0 aromatic carbocycles. The van der Waals surface area contributed by atoms with Gasteiger partial charge in [0.15, 0.2) is 5.91 Å². The summed E-state index contributed by atoms with van der Waals surface area (Å²) in [5, 5.41) is 0. The van der Waals surface area contributed by atoms with Gasteiger partial charge in [0.2, 0.25) is 0 Å². The average molecular weight is 85.1 g/mol. The molecule has 5 heavy (non-hydrogen) atoms. The Morgan fingerprint density at radius 2 is 2.20 bits per heavy atom. The summed E-state index contributed by atoms with van der Waals surface area (Å²) in [4.78, 5) is 9.60. The number of carbonyl (C=O) groups excluding carboxylic acids is 1. The summed E-state index contributed by atoms with van der Waals surface area (Å²) < 4.78 is 3.06. The highest BCUT2D eigenvalue weighted by Gasteiger charge is 1.61. The van der Waals surface area contributed by atoms with Crippen molar-refractivity contribution in [1.29, 1.82) is 0 Å². The molecule has 0 saturated carbocycles. The largest absolute Gasteiger partial charge is 0.518 e. The normalized spacial score (nSPS) is 6.60. The van der Waals surface area contributed by atoms with E-state index in [1.54, 1.807) is 0 Å². The van der Waals surface area contributed by atoms with Crippen molar-refractivity contribution in [2.24, 2.45) is 4.63 Å². The molecule has 0 aromatic rings. The first kappa shape index (κ1) is 4.69. The number of rotatable bonds is 0. The van der Waals surface area contributed by atoms with Crippen molar-refractivity contribution in [3.8, 4) is 0 Å². The molecule has 0 heterocycles. The van der Waals surface area contributed by atoms with Gasteiger partial charge in [0, 0.05) is 6.92 Å². The fourth-order valence-electron chi connectivity index (χ4n) is 0. The van der Waals surface area contributed by atoms with E-state index in [1.807, 2.05) is 0 Å². The first-order chi connectivity index (χ1) is 2.27. The van der Waals surface area contributed by atoms with Gasteiger partial charge in [0.05, 0.1) is 0 Å². The van der Waals surface area contributed by atoms with Gasteiger partial charge in [0.25, 0.3) is 0 Å². The Kier molecular flexibility index (Phi) is 1.84. The summed E-state index contributed by atoms with van der Waals surface area (Å²) in [6.45, 7) is 1.37. The van der Waals surface area contributed by atoms with Crippen LogP contribution in [0, 0.1) is 0 Å². The van der Waals surface area contributed by atoms with Crippen molar-refractivity contribution in [2.45, 2.75) is 6.92 Å². The Balaban J connectivity index is 3.20. The van der Waals surface area contributed by atoms with Crippen LogP contribution in [0.25, 0.3) is 0 Å². The lowest BCUT2D eigenvalue weighted by Crippen LogP contribution is -1.75. The Labute approximate surface area is 33.3 Å². The van der Waals surface area contributed by atoms with Crippen LogP contribution in [-0.2, 0) is 4.79 Å². The second kappa shape index (κ2) is 1.96. The SMILES string of the molecule is CC(=O)N=[Si-]. The van der Waals surface area contributed by atoms with Gasteiger partial charge in [-0.25, -0.2) is 0 Å².